The summed E-state index contributed by atoms with van der Waals surface area (Å²) in [6.07, 6.45) is 5.90. The van der Waals surface area contributed by atoms with Crippen LogP contribution in [0.1, 0.15) is 32.6 Å². The van der Waals surface area contributed by atoms with Crippen LogP contribution in [0.2, 0.25) is 0 Å². The van der Waals surface area contributed by atoms with Crippen LogP contribution < -0.4 is 5.32 Å². The van der Waals surface area contributed by atoms with Crippen molar-refractivity contribution in [3.63, 3.8) is 0 Å². The number of fused-ring (bicyclic) bond motifs is 1. The third kappa shape index (κ3) is 2.39. The molecule has 0 aromatic carbocycles. The molecule has 3 aliphatic rings. The summed E-state index contributed by atoms with van der Waals surface area (Å²) >= 11 is 0. The van der Waals surface area contributed by atoms with Crippen molar-refractivity contribution in [1.82, 2.24) is 10.2 Å². The van der Waals surface area contributed by atoms with Gasteiger partial charge in [0.15, 0.2) is 0 Å². The number of halogens is 1. The Morgan fingerprint density at radius 3 is 2.50 bits per heavy atom. The lowest BCUT2D eigenvalue weighted by atomic mass is 9.89. The highest BCUT2D eigenvalue weighted by Crippen LogP contribution is 2.39. The van der Waals surface area contributed by atoms with E-state index in [1.54, 1.807) is 0 Å². The molecule has 0 radical (unpaired) electrons. The first-order chi connectivity index (χ1) is 7.25. The Labute approximate surface area is 106 Å². The molecule has 94 valence electrons. The Morgan fingerprint density at radius 1 is 1.25 bits per heavy atom. The van der Waals surface area contributed by atoms with Crippen molar-refractivity contribution >= 4 is 12.4 Å². The molecule has 1 N–H and O–H groups in total. The van der Waals surface area contributed by atoms with E-state index in [0.717, 1.165) is 11.8 Å². The first-order valence-electron chi connectivity index (χ1n) is 6.68. The summed E-state index contributed by atoms with van der Waals surface area (Å²) in [6, 6.07) is 0. The first kappa shape index (κ1) is 12.7. The summed E-state index contributed by atoms with van der Waals surface area (Å²) < 4.78 is 0. The lowest BCUT2D eigenvalue weighted by molar-refractivity contribution is 0.197. The summed E-state index contributed by atoms with van der Waals surface area (Å²) in [7, 11) is 0. The van der Waals surface area contributed by atoms with Gasteiger partial charge in [-0.25, -0.2) is 0 Å². The van der Waals surface area contributed by atoms with Crippen molar-refractivity contribution in [2.75, 3.05) is 32.7 Å². The van der Waals surface area contributed by atoms with Gasteiger partial charge in [-0.2, -0.15) is 0 Å². The van der Waals surface area contributed by atoms with Gasteiger partial charge in [0.05, 0.1) is 0 Å². The van der Waals surface area contributed by atoms with E-state index in [0.29, 0.717) is 5.41 Å². The maximum atomic E-state index is 3.51. The van der Waals surface area contributed by atoms with Gasteiger partial charge < -0.3 is 10.2 Å². The van der Waals surface area contributed by atoms with E-state index in [1.165, 1.54) is 58.4 Å². The summed E-state index contributed by atoms with van der Waals surface area (Å²) in [5.41, 5.74) is 0.568. The molecular weight excluding hydrogens is 220 g/mol. The molecule has 3 heteroatoms. The van der Waals surface area contributed by atoms with Gasteiger partial charge in [0.25, 0.3) is 0 Å². The normalized spacial score (nSPS) is 43.3. The van der Waals surface area contributed by atoms with Crippen molar-refractivity contribution in [3.05, 3.63) is 0 Å². The molecule has 0 spiro atoms. The van der Waals surface area contributed by atoms with Crippen molar-refractivity contribution in [2.45, 2.75) is 32.6 Å². The van der Waals surface area contributed by atoms with Crippen LogP contribution in [0.25, 0.3) is 0 Å². The first-order valence-corrected chi connectivity index (χ1v) is 6.68. The Morgan fingerprint density at radius 2 is 1.94 bits per heavy atom. The molecule has 2 saturated heterocycles. The molecule has 0 aromatic heterocycles. The van der Waals surface area contributed by atoms with Crippen LogP contribution >= 0.6 is 12.4 Å². The second-order valence-electron chi connectivity index (χ2n) is 6.38. The van der Waals surface area contributed by atoms with Gasteiger partial charge in [-0.05, 0) is 43.1 Å². The highest BCUT2D eigenvalue weighted by Gasteiger charge is 2.39. The van der Waals surface area contributed by atoms with Gasteiger partial charge in [-0.1, -0.05) is 13.3 Å². The van der Waals surface area contributed by atoms with Crippen molar-refractivity contribution in [3.8, 4) is 0 Å². The van der Waals surface area contributed by atoms with Crippen molar-refractivity contribution in [1.29, 1.82) is 0 Å². The highest BCUT2D eigenvalue weighted by molar-refractivity contribution is 5.85. The summed E-state index contributed by atoms with van der Waals surface area (Å²) in [5, 5.41) is 3.51. The molecule has 2 heterocycles. The second-order valence-corrected chi connectivity index (χ2v) is 6.38. The third-order valence-electron chi connectivity index (χ3n) is 4.86. The SMILES string of the molecule is CC1(CN2CC3CCCC3C2)CCNC1.Cl. The molecule has 16 heavy (non-hydrogen) atoms. The largest absolute Gasteiger partial charge is 0.316 e. The zero-order valence-corrected chi connectivity index (χ0v) is 11.2. The fraction of sp³-hybridized carbons (Fsp3) is 1.00. The van der Waals surface area contributed by atoms with Gasteiger partial charge >= 0.3 is 0 Å². The molecule has 1 saturated carbocycles. The van der Waals surface area contributed by atoms with Crippen molar-refractivity contribution in [2.24, 2.45) is 17.3 Å². The van der Waals surface area contributed by atoms with Gasteiger partial charge in [0.2, 0.25) is 0 Å². The average molecular weight is 245 g/mol. The van der Waals surface area contributed by atoms with Gasteiger partial charge in [0, 0.05) is 26.2 Å². The standard InChI is InChI=1S/C13H24N2.ClH/c1-13(5-6-14-9-13)10-15-7-11-3-2-4-12(11)8-15;/h11-12,14H,2-10H2,1H3;1H. The van der Waals surface area contributed by atoms with E-state index in [9.17, 15) is 0 Å². The number of nitrogens with zero attached hydrogens (tertiary/aromatic N) is 1. The summed E-state index contributed by atoms with van der Waals surface area (Å²) in [6.45, 7) is 9.07. The number of hydrogen-bond acceptors (Lipinski definition) is 2. The quantitative estimate of drug-likeness (QED) is 0.801. The van der Waals surface area contributed by atoms with E-state index in [1.807, 2.05) is 0 Å². The molecule has 0 bridgehead atoms. The molecule has 3 atom stereocenters. The molecule has 2 nitrogen and oxygen atoms in total. The molecule has 3 fully saturated rings. The summed E-state index contributed by atoms with van der Waals surface area (Å²) in [5.74, 6) is 2.12. The number of nitrogens with one attached hydrogen (secondary N) is 1. The van der Waals surface area contributed by atoms with Crippen LogP contribution in [0.4, 0.5) is 0 Å². The fourth-order valence-electron chi connectivity index (χ4n) is 4.00. The van der Waals surface area contributed by atoms with Crippen LogP contribution in [0.3, 0.4) is 0 Å². The van der Waals surface area contributed by atoms with Gasteiger partial charge in [0.1, 0.15) is 0 Å². The highest BCUT2D eigenvalue weighted by atomic mass is 35.5. The summed E-state index contributed by atoms with van der Waals surface area (Å²) in [4.78, 5) is 2.75. The molecule has 0 amide bonds. The zero-order valence-electron chi connectivity index (χ0n) is 10.4. The minimum absolute atomic E-state index is 0. The maximum absolute atomic E-state index is 3.51. The van der Waals surface area contributed by atoms with E-state index in [4.69, 9.17) is 0 Å². The van der Waals surface area contributed by atoms with Crippen LogP contribution in [-0.4, -0.2) is 37.6 Å². The van der Waals surface area contributed by atoms with Gasteiger partial charge in [-0.15, -0.1) is 12.4 Å². The predicted molar refractivity (Wildman–Crippen MR) is 70.1 cm³/mol. The van der Waals surface area contributed by atoms with E-state index in [2.05, 4.69) is 17.1 Å². The Balaban J connectivity index is 0.000000963. The third-order valence-corrected chi connectivity index (χ3v) is 4.86. The average Bonchev–Trinajstić information content (AvgIpc) is 2.80. The molecule has 1 aliphatic carbocycles. The fourth-order valence-corrected chi connectivity index (χ4v) is 4.00. The monoisotopic (exact) mass is 244 g/mol. The predicted octanol–water partition coefficient (Wildman–Crippen LogP) is 2.14. The number of likely N-dealkylation sites (tertiary alicyclic amines) is 1. The number of hydrogen-bond donors (Lipinski definition) is 1. The van der Waals surface area contributed by atoms with Crippen LogP contribution in [-0.2, 0) is 0 Å². The molecule has 3 unspecified atom stereocenters. The Kier molecular flexibility index (Phi) is 3.82. The van der Waals surface area contributed by atoms with E-state index in [-0.39, 0.29) is 12.4 Å². The lowest BCUT2D eigenvalue weighted by Crippen LogP contribution is -2.36. The second kappa shape index (κ2) is 4.83. The minimum atomic E-state index is 0. The number of rotatable bonds is 2. The lowest BCUT2D eigenvalue weighted by Gasteiger charge is -2.29. The van der Waals surface area contributed by atoms with E-state index >= 15 is 0 Å². The van der Waals surface area contributed by atoms with E-state index < -0.39 is 0 Å². The van der Waals surface area contributed by atoms with Crippen LogP contribution in [0, 0.1) is 17.3 Å². The van der Waals surface area contributed by atoms with Crippen LogP contribution in [0.15, 0.2) is 0 Å². The topological polar surface area (TPSA) is 15.3 Å². The van der Waals surface area contributed by atoms with Crippen molar-refractivity contribution < 1.29 is 0 Å². The minimum Gasteiger partial charge on any atom is -0.316 e. The molecule has 0 aromatic rings. The maximum Gasteiger partial charge on any atom is 0.00482 e. The zero-order chi connectivity index (χ0) is 10.3. The molecular formula is C13H25ClN2. The Hall–Kier alpha value is 0.210. The molecule has 3 rings (SSSR count). The Bertz CT molecular complexity index is 226. The van der Waals surface area contributed by atoms with Gasteiger partial charge in [-0.3, -0.25) is 0 Å². The van der Waals surface area contributed by atoms with Crippen LogP contribution in [0.5, 0.6) is 0 Å². The molecule has 2 aliphatic heterocycles. The smallest absolute Gasteiger partial charge is 0.00482 e.